The first kappa shape index (κ1) is 19.9. The second-order valence-corrected chi connectivity index (χ2v) is 7.79. The smallest absolute Gasteiger partial charge is 0.261 e. The highest BCUT2D eigenvalue weighted by atomic mass is 32.2. The Kier molecular flexibility index (Phi) is 6.76. The van der Waals surface area contributed by atoms with Gasteiger partial charge in [0.1, 0.15) is 0 Å². The number of anilines is 1. The normalized spacial score (nSPS) is 11.2. The zero-order valence-corrected chi connectivity index (χ0v) is 16.1. The summed E-state index contributed by atoms with van der Waals surface area (Å²) < 4.78 is 28.0. The number of para-hydroxylation sites is 1. The molecule has 2 rings (SSSR count). The van der Waals surface area contributed by atoms with Gasteiger partial charge in [-0.15, -0.1) is 0 Å². The van der Waals surface area contributed by atoms with Crippen LogP contribution in [0.4, 0.5) is 5.69 Å². The lowest BCUT2D eigenvalue weighted by molar-refractivity contribution is 0.0952. The third kappa shape index (κ3) is 5.06. The molecule has 140 valence electrons. The fourth-order valence-corrected chi connectivity index (χ4v) is 3.62. The molecule has 2 aromatic carbocycles. The Hall–Kier alpha value is -2.38. The third-order valence-corrected chi connectivity index (χ3v) is 5.41. The van der Waals surface area contributed by atoms with Gasteiger partial charge in [0.25, 0.3) is 15.9 Å². The van der Waals surface area contributed by atoms with E-state index in [9.17, 15) is 13.2 Å². The van der Waals surface area contributed by atoms with Crippen molar-refractivity contribution in [2.45, 2.75) is 25.2 Å². The molecule has 2 aromatic rings. The minimum absolute atomic E-state index is 0.0618. The van der Waals surface area contributed by atoms with Crippen molar-refractivity contribution in [3.8, 4) is 0 Å². The van der Waals surface area contributed by atoms with E-state index in [-0.39, 0.29) is 10.8 Å². The number of sulfonamides is 1. The number of carbonyl (C=O) groups excluding carboxylic acids is 1. The van der Waals surface area contributed by atoms with Crippen molar-refractivity contribution >= 4 is 21.6 Å². The number of nitrogens with one attached hydrogen (secondary N) is 3. The first-order valence-electron chi connectivity index (χ1n) is 8.47. The first-order chi connectivity index (χ1) is 12.3. The van der Waals surface area contributed by atoms with Gasteiger partial charge in [-0.1, -0.05) is 24.3 Å². The summed E-state index contributed by atoms with van der Waals surface area (Å²) in [5, 5.41) is 5.83. The summed E-state index contributed by atoms with van der Waals surface area (Å²) in [5.74, 6) is -0.272. The van der Waals surface area contributed by atoms with Crippen molar-refractivity contribution in [3.05, 3.63) is 59.2 Å². The zero-order chi connectivity index (χ0) is 19.2. The van der Waals surface area contributed by atoms with Crippen LogP contribution in [-0.2, 0) is 10.0 Å². The van der Waals surface area contributed by atoms with Crippen LogP contribution in [0.1, 0.15) is 27.9 Å². The molecule has 0 aliphatic rings. The molecule has 0 aromatic heterocycles. The van der Waals surface area contributed by atoms with E-state index in [0.717, 1.165) is 24.1 Å². The molecule has 0 aliphatic carbocycles. The summed E-state index contributed by atoms with van der Waals surface area (Å²) >= 11 is 0. The van der Waals surface area contributed by atoms with Crippen molar-refractivity contribution in [3.63, 3.8) is 0 Å². The van der Waals surface area contributed by atoms with Crippen molar-refractivity contribution in [1.29, 1.82) is 0 Å². The quantitative estimate of drug-likeness (QED) is 0.619. The van der Waals surface area contributed by atoms with E-state index in [1.807, 2.05) is 26.1 Å². The Bertz CT molecular complexity index is 879. The number of aryl methyl sites for hydroxylation is 2. The van der Waals surface area contributed by atoms with Gasteiger partial charge in [0.05, 0.1) is 10.6 Å². The summed E-state index contributed by atoms with van der Waals surface area (Å²) in [6, 6.07) is 11.7. The Labute approximate surface area is 155 Å². The van der Waals surface area contributed by atoms with Crippen molar-refractivity contribution in [2.75, 3.05) is 24.9 Å². The highest BCUT2D eigenvalue weighted by molar-refractivity contribution is 7.92. The fraction of sp³-hybridized carbons (Fsp3) is 0.316. The Balaban J connectivity index is 2.22. The van der Waals surface area contributed by atoms with Gasteiger partial charge in [-0.25, -0.2) is 8.42 Å². The van der Waals surface area contributed by atoms with E-state index in [4.69, 9.17) is 0 Å². The number of amides is 1. The van der Waals surface area contributed by atoms with Crippen LogP contribution in [0, 0.1) is 13.8 Å². The predicted octanol–water partition coefficient (Wildman–Crippen LogP) is 2.44. The molecule has 0 saturated carbocycles. The molecule has 0 saturated heterocycles. The monoisotopic (exact) mass is 375 g/mol. The molecule has 3 N–H and O–H groups in total. The van der Waals surface area contributed by atoms with Crippen molar-refractivity contribution < 1.29 is 13.2 Å². The molecule has 0 unspecified atom stereocenters. The predicted molar refractivity (Wildman–Crippen MR) is 104 cm³/mol. The van der Waals surface area contributed by atoms with Crippen LogP contribution in [-0.4, -0.2) is 34.5 Å². The van der Waals surface area contributed by atoms with Crippen LogP contribution in [0.15, 0.2) is 47.4 Å². The van der Waals surface area contributed by atoms with Gasteiger partial charge in [-0.3, -0.25) is 9.52 Å². The molecule has 7 heteroatoms. The van der Waals surface area contributed by atoms with Gasteiger partial charge in [0.15, 0.2) is 0 Å². The maximum absolute atomic E-state index is 12.7. The van der Waals surface area contributed by atoms with E-state index < -0.39 is 10.0 Å². The van der Waals surface area contributed by atoms with Crippen LogP contribution in [0.2, 0.25) is 0 Å². The van der Waals surface area contributed by atoms with E-state index in [0.29, 0.717) is 17.8 Å². The maximum atomic E-state index is 12.7. The van der Waals surface area contributed by atoms with Gasteiger partial charge in [-0.2, -0.15) is 0 Å². The minimum Gasteiger partial charge on any atom is -0.352 e. The molecule has 6 nitrogen and oxygen atoms in total. The van der Waals surface area contributed by atoms with Gasteiger partial charge in [0, 0.05) is 12.1 Å². The summed E-state index contributed by atoms with van der Waals surface area (Å²) in [5.41, 5.74) is 2.44. The molecule has 0 fully saturated rings. The van der Waals surface area contributed by atoms with Crippen molar-refractivity contribution in [2.24, 2.45) is 0 Å². The third-order valence-electron chi connectivity index (χ3n) is 4.04. The lowest BCUT2D eigenvalue weighted by Gasteiger charge is -2.13. The Morgan fingerprint density at radius 3 is 2.42 bits per heavy atom. The highest BCUT2D eigenvalue weighted by Crippen LogP contribution is 2.21. The molecular weight excluding hydrogens is 350 g/mol. The molecule has 1 amide bonds. The van der Waals surface area contributed by atoms with Crippen LogP contribution in [0.25, 0.3) is 0 Å². The standard InChI is InChI=1S/C19H25N3O3S/c1-14-9-10-16(13-17(14)19(23)21-12-6-11-20-3)26(24,25)22-18-8-5-4-7-15(18)2/h4-5,7-10,13,20,22H,6,11-12H2,1-3H3,(H,21,23). The Morgan fingerprint density at radius 1 is 1.00 bits per heavy atom. The lowest BCUT2D eigenvalue weighted by Crippen LogP contribution is -2.27. The maximum Gasteiger partial charge on any atom is 0.261 e. The summed E-state index contributed by atoms with van der Waals surface area (Å²) in [7, 11) is -1.93. The zero-order valence-electron chi connectivity index (χ0n) is 15.3. The number of rotatable bonds is 8. The second-order valence-electron chi connectivity index (χ2n) is 6.11. The number of hydrogen-bond acceptors (Lipinski definition) is 4. The second kappa shape index (κ2) is 8.82. The molecule has 0 spiro atoms. The SMILES string of the molecule is CNCCCNC(=O)c1cc(S(=O)(=O)Nc2ccccc2C)ccc1C. The minimum atomic E-state index is -3.78. The molecule has 0 bridgehead atoms. The molecule has 26 heavy (non-hydrogen) atoms. The van der Waals surface area contributed by atoms with Crippen LogP contribution >= 0.6 is 0 Å². The molecule has 0 heterocycles. The molecule has 0 aliphatic heterocycles. The van der Waals surface area contributed by atoms with E-state index in [1.165, 1.54) is 12.1 Å². The Morgan fingerprint density at radius 2 is 1.73 bits per heavy atom. The van der Waals surface area contributed by atoms with Crippen LogP contribution in [0.3, 0.4) is 0 Å². The van der Waals surface area contributed by atoms with E-state index >= 15 is 0 Å². The topological polar surface area (TPSA) is 87.3 Å². The number of hydrogen-bond donors (Lipinski definition) is 3. The number of benzene rings is 2. The van der Waals surface area contributed by atoms with Crippen molar-refractivity contribution in [1.82, 2.24) is 10.6 Å². The average Bonchev–Trinajstić information content (AvgIpc) is 2.60. The summed E-state index contributed by atoms with van der Waals surface area (Å²) in [4.78, 5) is 12.4. The van der Waals surface area contributed by atoms with Crippen LogP contribution in [0.5, 0.6) is 0 Å². The van der Waals surface area contributed by atoms with E-state index in [1.54, 1.807) is 25.1 Å². The van der Waals surface area contributed by atoms with Gasteiger partial charge in [-0.05, 0) is 63.2 Å². The molecule has 0 atom stereocenters. The highest BCUT2D eigenvalue weighted by Gasteiger charge is 2.18. The fourth-order valence-electron chi connectivity index (χ4n) is 2.47. The van der Waals surface area contributed by atoms with Crippen LogP contribution < -0.4 is 15.4 Å². The summed E-state index contributed by atoms with van der Waals surface area (Å²) in [6.07, 6.45) is 0.800. The van der Waals surface area contributed by atoms with Gasteiger partial charge in [0.2, 0.25) is 0 Å². The first-order valence-corrected chi connectivity index (χ1v) is 9.95. The molecular formula is C19H25N3O3S. The van der Waals surface area contributed by atoms with E-state index in [2.05, 4.69) is 15.4 Å². The average molecular weight is 375 g/mol. The number of carbonyl (C=O) groups is 1. The summed E-state index contributed by atoms with van der Waals surface area (Å²) in [6.45, 7) is 4.94. The van der Waals surface area contributed by atoms with Gasteiger partial charge < -0.3 is 10.6 Å². The lowest BCUT2D eigenvalue weighted by atomic mass is 10.1. The largest absolute Gasteiger partial charge is 0.352 e. The molecule has 0 radical (unpaired) electrons. The van der Waals surface area contributed by atoms with Gasteiger partial charge >= 0.3 is 0 Å².